The number of carbonyl (C=O) groups excluding carboxylic acids is 1. The summed E-state index contributed by atoms with van der Waals surface area (Å²) in [4.78, 5) is 23.8. The highest BCUT2D eigenvalue weighted by molar-refractivity contribution is 6.03. The molecule has 2 aromatic carbocycles. The van der Waals surface area contributed by atoms with Crippen LogP contribution in [0.15, 0.2) is 30.3 Å². The molecule has 1 aliphatic carbocycles. The lowest BCUT2D eigenvalue weighted by Crippen LogP contribution is -2.35. The van der Waals surface area contributed by atoms with Crippen molar-refractivity contribution in [2.24, 2.45) is 5.73 Å². The fourth-order valence-corrected chi connectivity index (χ4v) is 4.13. The van der Waals surface area contributed by atoms with Crippen LogP contribution < -0.4 is 5.73 Å². The van der Waals surface area contributed by atoms with E-state index in [2.05, 4.69) is 27.7 Å². The van der Waals surface area contributed by atoms with E-state index >= 15 is 0 Å². The van der Waals surface area contributed by atoms with Crippen LogP contribution in [0.1, 0.15) is 72.4 Å². The normalized spacial score (nSPS) is 17.2. The molecule has 4 N–H and O–H groups in total. The molecule has 0 fully saturated rings. The van der Waals surface area contributed by atoms with Gasteiger partial charge in [0.2, 0.25) is 0 Å². The Bertz CT molecular complexity index is 957. The second-order valence-corrected chi connectivity index (χ2v) is 8.55. The van der Waals surface area contributed by atoms with Crippen molar-refractivity contribution in [3.63, 3.8) is 0 Å². The molecule has 0 bridgehead atoms. The average Bonchev–Trinajstić information content (AvgIpc) is 2.58. The summed E-state index contributed by atoms with van der Waals surface area (Å²) in [5.41, 5.74) is 7.73. The van der Waals surface area contributed by atoms with Crippen LogP contribution in [0, 0.1) is 0 Å². The Morgan fingerprint density at radius 3 is 2.19 bits per heavy atom. The number of primary amides is 1. The maximum absolute atomic E-state index is 12.0. The van der Waals surface area contributed by atoms with Crippen LogP contribution in [0.25, 0.3) is 11.1 Å². The van der Waals surface area contributed by atoms with Gasteiger partial charge in [0.1, 0.15) is 5.75 Å². The molecule has 0 spiro atoms. The van der Waals surface area contributed by atoms with E-state index in [0.717, 1.165) is 24.0 Å². The number of benzene rings is 2. The third-order valence-corrected chi connectivity index (χ3v) is 5.77. The Morgan fingerprint density at radius 2 is 1.59 bits per heavy atom. The van der Waals surface area contributed by atoms with Gasteiger partial charge in [-0.1, -0.05) is 45.9 Å². The molecule has 3 rings (SSSR count). The number of rotatable bonds is 3. The monoisotopic (exact) mass is 367 g/mol. The molecule has 0 saturated carbocycles. The third kappa shape index (κ3) is 2.97. The summed E-state index contributed by atoms with van der Waals surface area (Å²) < 4.78 is 0. The molecule has 2 aromatic rings. The molecular formula is C22H25NO4. The number of aromatic carboxylic acids is 1. The molecule has 0 aliphatic heterocycles. The number of hydrogen-bond acceptors (Lipinski definition) is 3. The fraction of sp³-hybridized carbons (Fsp3) is 0.364. The van der Waals surface area contributed by atoms with Crippen molar-refractivity contribution in [2.75, 3.05) is 0 Å². The average molecular weight is 367 g/mol. The van der Waals surface area contributed by atoms with Gasteiger partial charge in [-0.2, -0.15) is 0 Å². The summed E-state index contributed by atoms with van der Waals surface area (Å²) in [6, 6.07) is 8.22. The zero-order valence-corrected chi connectivity index (χ0v) is 16.1. The number of carboxylic acid groups (broad SMARTS) is 1. The van der Waals surface area contributed by atoms with Gasteiger partial charge >= 0.3 is 5.97 Å². The summed E-state index contributed by atoms with van der Waals surface area (Å²) >= 11 is 0. The second kappa shape index (κ2) is 6.12. The van der Waals surface area contributed by atoms with Crippen LogP contribution in [-0.4, -0.2) is 22.1 Å². The Kier molecular flexibility index (Phi) is 4.29. The number of amides is 1. The molecule has 0 atom stereocenters. The summed E-state index contributed by atoms with van der Waals surface area (Å²) in [5.74, 6) is -2.07. The molecule has 5 nitrogen and oxygen atoms in total. The van der Waals surface area contributed by atoms with Crippen LogP contribution in [0.3, 0.4) is 0 Å². The fourth-order valence-electron chi connectivity index (χ4n) is 4.13. The van der Waals surface area contributed by atoms with E-state index in [1.165, 1.54) is 6.07 Å². The van der Waals surface area contributed by atoms with E-state index in [4.69, 9.17) is 5.73 Å². The third-order valence-electron chi connectivity index (χ3n) is 5.77. The Morgan fingerprint density at radius 1 is 1.00 bits per heavy atom. The quantitative estimate of drug-likeness (QED) is 0.756. The van der Waals surface area contributed by atoms with Gasteiger partial charge in [-0.25, -0.2) is 4.79 Å². The molecule has 0 unspecified atom stereocenters. The van der Waals surface area contributed by atoms with Gasteiger partial charge in [0.25, 0.3) is 5.91 Å². The number of fused-ring (bicyclic) bond motifs is 1. The number of hydrogen-bond donors (Lipinski definition) is 3. The molecule has 5 heteroatoms. The molecule has 0 saturated heterocycles. The van der Waals surface area contributed by atoms with Crippen LogP contribution in [0.5, 0.6) is 5.75 Å². The van der Waals surface area contributed by atoms with E-state index in [0.29, 0.717) is 11.1 Å². The molecule has 0 aromatic heterocycles. The minimum absolute atomic E-state index is 0.0229. The first-order valence-electron chi connectivity index (χ1n) is 9.01. The number of carboxylic acids is 1. The van der Waals surface area contributed by atoms with E-state index in [-0.39, 0.29) is 27.7 Å². The number of phenols is 1. The van der Waals surface area contributed by atoms with Crippen molar-refractivity contribution in [3.05, 3.63) is 52.6 Å². The molecule has 1 aliphatic rings. The first kappa shape index (κ1) is 19.0. The number of aromatic hydroxyl groups is 1. The summed E-state index contributed by atoms with van der Waals surface area (Å²) in [7, 11) is 0. The van der Waals surface area contributed by atoms with Crippen molar-refractivity contribution in [2.45, 2.75) is 51.4 Å². The highest BCUT2D eigenvalue weighted by atomic mass is 16.4. The van der Waals surface area contributed by atoms with Gasteiger partial charge in [0, 0.05) is 11.1 Å². The van der Waals surface area contributed by atoms with Crippen LogP contribution in [-0.2, 0) is 10.8 Å². The van der Waals surface area contributed by atoms with Crippen LogP contribution in [0.2, 0.25) is 0 Å². The maximum atomic E-state index is 12.0. The smallest absolute Gasteiger partial charge is 0.336 e. The lowest BCUT2D eigenvalue weighted by Gasteiger charge is -2.43. The topological polar surface area (TPSA) is 101 Å². The van der Waals surface area contributed by atoms with Crippen molar-refractivity contribution < 1.29 is 19.8 Å². The van der Waals surface area contributed by atoms with E-state index in [1.807, 2.05) is 0 Å². The summed E-state index contributed by atoms with van der Waals surface area (Å²) in [6.45, 7) is 8.35. The Balaban J connectivity index is 2.53. The molecular weight excluding hydrogens is 342 g/mol. The number of carbonyl (C=O) groups is 2. The van der Waals surface area contributed by atoms with E-state index in [9.17, 15) is 19.8 Å². The SMILES string of the molecule is CC1(C)CCC(C)(C)c2c1cc(C(N)=O)c(O)c2-c1ccccc1C(=O)O. The van der Waals surface area contributed by atoms with E-state index < -0.39 is 11.9 Å². The molecule has 0 radical (unpaired) electrons. The van der Waals surface area contributed by atoms with Gasteiger partial charge in [-0.3, -0.25) is 4.79 Å². The van der Waals surface area contributed by atoms with E-state index in [1.54, 1.807) is 24.3 Å². The van der Waals surface area contributed by atoms with Gasteiger partial charge in [0.05, 0.1) is 11.1 Å². The minimum Gasteiger partial charge on any atom is -0.506 e. The van der Waals surface area contributed by atoms with Crippen molar-refractivity contribution in [1.82, 2.24) is 0 Å². The molecule has 142 valence electrons. The minimum atomic E-state index is -1.09. The Labute approximate surface area is 158 Å². The summed E-state index contributed by atoms with van der Waals surface area (Å²) in [6.07, 6.45) is 1.79. The predicted molar refractivity (Wildman–Crippen MR) is 104 cm³/mol. The zero-order chi connectivity index (χ0) is 20.1. The van der Waals surface area contributed by atoms with Crippen molar-refractivity contribution >= 4 is 11.9 Å². The maximum Gasteiger partial charge on any atom is 0.336 e. The lowest BCUT2D eigenvalue weighted by atomic mass is 9.61. The molecule has 27 heavy (non-hydrogen) atoms. The van der Waals surface area contributed by atoms with Gasteiger partial charge in [-0.15, -0.1) is 0 Å². The van der Waals surface area contributed by atoms with Crippen molar-refractivity contribution in [1.29, 1.82) is 0 Å². The van der Waals surface area contributed by atoms with Gasteiger partial charge in [-0.05, 0) is 46.9 Å². The first-order valence-corrected chi connectivity index (χ1v) is 9.01. The Hall–Kier alpha value is -2.82. The van der Waals surface area contributed by atoms with Gasteiger partial charge in [0.15, 0.2) is 0 Å². The van der Waals surface area contributed by atoms with Crippen LogP contribution >= 0.6 is 0 Å². The van der Waals surface area contributed by atoms with Gasteiger partial charge < -0.3 is 15.9 Å². The first-order chi connectivity index (χ1) is 12.5. The number of nitrogens with two attached hydrogens (primary N) is 1. The molecule has 0 heterocycles. The lowest BCUT2D eigenvalue weighted by molar-refractivity contribution is 0.0697. The highest BCUT2D eigenvalue weighted by Crippen LogP contribution is 2.53. The van der Waals surface area contributed by atoms with Crippen molar-refractivity contribution in [3.8, 4) is 16.9 Å². The van der Waals surface area contributed by atoms with Crippen LogP contribution in [0.4, 0.5) is 0 Å². The summed E-state index contributed by atoms with van der Waals surface area (Å²) in [5, 5.41) is 20.6. The molecule has 1 amide bonds. The largest absolute Gasteiger partial charge is 0.506 e. The zero-order valence-electron chi connectivity index (χ0n) is 16.1. The highest BCUT2D eigenvalue weighted by Gasteiger charge is 2.41. The second-order valence-electron chi connectivity index (χ2n) is 8.55. The predicted octanol–water partition coefficient (Wildman–Crippen LogP) is 4.21. The standard InChI is InChI=1S/C22H25NO4/c1-21(2)9-10-22(3,4)17-15(21)11-14(19(23)25)18(24)16(17)12-7-5-6-8-13(12)20(26)27/h5-8,11,24H,9-10H2,1-4H3,(H2,23,25)(H,26,27).